The third kappa shape index (κ3) is 5.26. The van der Waals surface area contributed by atoms with Crippen molar-refractivity contribution >= 4 is 27.0 Å². The van der Waals surface area contributed by atoms with Crippen LogP contribution in [-0.4, -0.2) is 25.6 Å². The smallest absolute Gasteiger partial charge is 0.201 e. The molecule has 148 valence electrons. The molecule has 0 amide bonds. The number of phenols is 1. The summed E-state index contributed by atoms with van der Waals surface area (Å²) in [6.07, 6.45) is 1.10. The monoisotopic (exact) mass is 408 g/mol. The second-order valence-electron chi connectivity index (χ2n) is 6.35. The number of hydrogen-bond donors (Lipinski definition) is 2. The van der Waals surface area contributed by atoms with Gasteiger partial charge in [0.1, 0.15) is 5.75 Å². The molecule has 0 heterocycles. The molecule has 0 aromatic heterocycles. The van der Waals surface area contributed by atoms with Crippen LogP contribution in [0.25, 0.3) is 0 Å². The minimum absolute atomic E-state index is 0.0656. The van der Waals surface area contributed by atoms with Crippen molar-refractivity contribution in [2.45, 2.75) is 11.8 Å². The van der Waals surface area contributed by atoms with Gasteiger partial charge in [0.15, 0.2) is 9.84 Å². The van der Waals surface area contributed by atoms with E-state index in [0.717, 1.165) is 11.8 Å². The van der Waals surface area contributed by atoms with Gasteiger partial charge in [-0.25, -0.2) is 8.42 Å². The topological polar surface area (TPSA) is 103 Å². The standard InChI is InChI=1S/C21H20N4O3S/c1-15-8-6-7-11-18(15)22-24-21(16-9-4-3-5-10-16)25-23-19-14-17(29(2,27)28)12-13-20(19)26/h3-14,23,26H,1-2H3/b24-22?,25-21-. The third-order valence-electron chi connectivity index (χ3n) is 4.08. The number of aromatic hydroxyl groups is 1. The van der Waals surface area contributed by atoms with Crippen molar-refractivity contribution < 1.29 is 13.5 Å². The van der Waals surface area contributed by atoms with E-state index >= 15 is 0 Å². The fourth-order valence-corrected chi connectivity index (χ4v) is 3.10. The number of hydrazone groups is 1. The van der Waals surface area contributed by atoms with Gasteiger partial charge in [-0.1, -0.05) is 48.5 Å². The van der Waals surface area contributed by atoms with Crippen LogP contribution in [0.15, 0.2) is 93.0 Å². The lowest BCUT2D eigenvalue weighted by Crippen LogP contribution is -2.03. The predicted octanol–water partition coefficient (Wildman–Crippen LogP) is 4.66. The van der Waals surface area contributed by atoms with Gasteiger partial charge < -0.3 is 5.11 Å². The molecule has 0 spiro atoms. The van der Waals surface area contributed by atoms with Gasteiger partial charge in [-0.2, -0.15) is 5.10 Å². The first-order valence-electron chi connectivity index (χ1n) is 8.74. The molecular weight excluding hydrogens is 388 g/mol. The molecular formula is C21H20N4O3S. The van der Waals surface area contributed by atoms with Crippen LogP contribution in [-0.2, 0) is 9.84 Å². The summed E-state index contributed by atoms with van der Waals surface area (Å²) in [5, 5.41) is 22.8. The van der Waals surface area contributed by atoms with E-state index in [-0.39, 0.29) is 22.2 Å². The van der Waals surface area contributed by atoms with Crippen LogP contribution in [0.3, 0.4) is 0 Å². The fourth-order valence-electron chi connectivity index (χ4n) is 2.46. The summed E-state index contributed by atoms with van der Waals surface area (Å²) in [5.74, 6) is 0.141. The van der Waals surface area contributed by atoms with Crippen molar-refractivity contribution in [3.05, 3.63) is 83.9 Å². The largest absolute Gasteiger partial charge is 0.506 e. The van der Waals surface area contributed by atoms with E-state index in [4.69, 9.17) is 0 Å². The Kier molecular flexibility index (Phi) is 6.04. The van der Waals surface area contributed by atoms with Gasteiger partial charge in [0.2, 0.25) is 5.84 Å². The predicted molar refractivity (Wildman–Crippen MR) is 114 cm³/mol. The molecule has 0 bridgehead atoms. The molecule has 3 rings (SSSR count). The van der Waals surface area contributed by atoms with E-state index in [1.807, 2.05) is 61.5 Å². The van der Waals surface area contributed by atoms with E-state index < -0.39 is 9.84 Å². The Morgan fingerprint density at radius 2 is 1.66 bits per heavy atom. The zero-order valence-electron chi connectivity index (χ0n) is 15.9. The number of hydrogen-bond acceptors (Lipinski definition) is 6. The maximum Gasteiger partial charge on any atom is 0.201 e. The Balaban J connectivity index is 1.97. The van der Waals surface area contributed by atoms with Crippen molar-refractivity contribution in [1.29, 1.82) is 0 Å². The van der Waals surface area contributed by atoms with Crippen LogP contribution in [0.1, 0.15) is 11.1 Å². The quantitative estimate of drug-likeness (QED) is 0.211. The van der Waals surface area contributed by atoms with Gasteiger partial charge in [-0.05, 0) is 36.8 Å². The maximum atomic E-state index is 11.8. The number of phenolic OH excluding ortho intramolecular Hbond substituents is 1. The van der Waals surface area contributed by atoms with Crippen LogP contribution < -0.4 is 5.43 Å². The number of nitrogens with zero attached hydrogens (tertiary/aromatic N) is 3. The van der Waals surface area contributed by atoms with Crippen molar-refractivity contribution in [2.24, 2.45) is 15.3 Å². The molecule has 29 heavy (non-hydrogen) atoms. The fraction of sp³-hybridized carbons (Fsp3) is 0.0952. The summed E-state index contributed by atoms with van der Waals surface area (Å²) in [6.45, 7) is 1.93. The third-order valence-corrected chi connectivity index (χ3v) is 5.19. The van der Waals surface area contributed by atoms with Crippen LogP contribution in [0.2, 0.25) is 0 Å². The van der Waals surface area contributed by atoms with Gasteiger partial charge >= 0.3 is 0 Å². The lowest BCUT2D eigenvalue weighted by Gasteiger charge is -2.07. The van der Waals surface area contributed by atoms with Crippen LogP contribution in [0, 0.1) is 6.92 Å². The minimum Gasteiger partial charge on any atom is -0.506 e. The zero-order chi connectivity index (χ0) is 20.9. The Hall–Kier alpha value is -3.52. The number of benzene rings is 3. The van der Waals surface area contributed by atoms with E-state index in [1.54, 1.807) is 0 Å². The summed E-state index contributed by atoms with van der Waals surface area (Å²) in [6, 6.07) is 20.7. The molecule has 0 fully saturated rings. The first-order valence-corrected chi connectivity index (χ1v) is 10.6. The summed E-state index contributed by atoms with van der Waals surface area (Å²) < 4.78 is 23.5. The summed E-state index contributed by atoms with van der Waals surface area (Å²) in [7, 11) is -3.43. The Morgan fingerprint density at radius 1 is 0.966 bits per heavy atom. The maximum absolute atomic E-state index is 11.8. The molecule has 0 saturated heterocycles. The highest BCUT2D eigenvalue weighted by molar-refractivity contribution is 7.90. The second kappa shape index (κ2) is 8.66. The molecule has 3 aromatic carbocycles. The van der Waals surface area contributed by atoms with Crippen molar-refractivity contribution in [1.82, 2.24) is 0 Å². The molecule has 0 saturated carbocycles. The first kappa shape index (κ1) is 20.2. The van der Waals surface area contributed by atoms with Crippen LogP contribution in [0.4, 0.5) is 11.4 Å². The molecule has 0 aliphatic rings. The molecule has 0 unspecified atom stereocenters. The summed E-state index contributed by atoms with van der Waals surface area (Å²) in [5.41, 5.74) is 5.22. The molecule has 7 nitrogen and oxygen atoms in total. The number of anilines is 1. The molecule has 0 atom stereocenters. The highest BCUT2D eigenvalue weighted by atomic mass is 32.2. The van der Waals surface area contributed by atoms with Gasteiger partial charge in [0.25, 0.3) is 0 Å². The molecule has 0 aliphatic carbocycles. The number of nitrogens with one attached hydrogen (secondary N) is 1. The Morgan fingerprint density at radius 3 is 2.34 bits per heavy atom. The normalized spacial score (nSPS) is 12.3. The lowest BCUT2D eigenvalue weighted by atomic mass is 10.2. The van der Waals surface area contributed by atoms with Gasteiger partial charge in [0, 0.05) is 11.8 Å². The summed E-state index contributed by atoms with van der Waals surface area (Å²) >= 11 is 0. The summed E-state index contributed by atoms with van der Waals surface area (Å²) in [4.78, 5) is 0.0656. The van der Waals surface area contributed by atoms with Crippen molar-refractivity contribution in [2.75, 3.05) is 11.7 Å². The molecule has 0 aliphatic heterocycles. The second-order valence-corrected chi connectivity index (χ2v) is 8.37. The Labute approximate surface area is 169 Å². The Bertz CT molecular complexity index is 1170. The van der Waals surface area contributed by atoms with E-state index in [1.165, 1.54) is 18.2 Å². The number of aryl methyl sites for hydroxylation is 1. The number of amidine groups is 1. The minimum atomic E-state index is -3.43. The van der Waals surface area contributed by atoms with Gasteiger partial charge in [0.05, 0.1) is 16.3 Å². The molecule has 0 radical (unpaired) electrons. The van der Waals surface area contributed by atoms with E-state index in [2.05, 4.69) is 20.8 Å². The highest BCUT2D eigenvalue weighted by Crippen LogP contribution is 2.26. The van der Waals surface area contributed by atoms with Crippen molar-refractivity contribution in [3.8, 4) is 5.75 Å². The SMILES string of the molecule is Cc1ccccc1N=N/C(=N\Nc1cc(S(C)(=O)=O)ccc1O)c1ccccc1. The van der Waals surface area contributed by atoms with Gasteiger partial charge in [-0.3, -0.25) is 5.43 Å². The number of azo groups is 1. The van der Waals surface area contributed by atoms with E-state index in [0.29, 0.717) is 11.3 Å². The average Bonchev–Trinajstić information content (AvgIpc) is 2.70. The molecule has 3 aromatic rings. The van der Waals surface area contributed by atoms with Crippen LogP contribution in [0.5, 0.6) is 5.75 Å². The first-order chi connectivity index (χ1) is 13.8. The number of sulfone groups is 1. The van der Waals surface area contributed by atoms with Crippen molar-refractivity contribution in [3.63, 3.8) is 0 Å². The van der Waals surface area contributed by atoms with Gasteiger partial charge in [-0.15, -0.1) is 10.2 Å². The van der Waals surface area contributed by atoms with E-state index in [9.17, 15) is 13.5 Å². The molecule has 8 heteroatoms. The average molecular weight is 408 g/mol. The number of rotatable bonds is 5. The molecule has 2 N–H and O–H groups in total. The van der Waals surface area contributed by atoms with Crippen LogP contribution >= 0.6 is 0 Å². The lowest BCUT2D eigenvalue weighted by molar-refractivity contribution is 0.477. The highest BCUT2D eigenvalue weighted by Gasteiger charge is 2.11. The zero-order valence-corrected chi connectivity index (χ0v) is 16.8.